The third-order valence-corrected chi connectivity index (χ3v) is 3.29. The fraction of sp³-hybridized carbons (Fsp3) is 0.533. The molecule has 1 N–H and O–H groups in total. The van der Waals surface area contributed by atoms with Gasteiger partial charge in [0.1, 0.15) is 0 Å². The summed E-state index contributed by atoms with van der Waals surface area (Å²) in [6.07, 6.45) is 1.81. The van der Waals surface area contributed by atoms with Crippen LogP contribution >= 0.6 is 11.6 Å². The molecule has 1 aromatic rings. The van der Waals surface area contributed by atoms with Crippen molar-refractivity contribution in [2.24, 2.45) is 5.92 Å². The van der Waals surface area contributed by atoms with Crippen molar-refractivity contribution >= 4 is 23.2 Å². The molecule has 0 aliphatic rings. The predicted molar refractivity (Wildman–Crippen MR) is 78.2 cm³/mol. The summed E-state index contributed by atoms with van der Waals surface area (Å²) in [5.41, 5.74) is 1.42. The van der Waals surface area contributed by atoms with E-state index in [1.165, 1.54) is 0 Å². The van der Waals surface area contributed by atoms with Crippen LogP contribution < -0.4 is 5.32 Å². The van der Waals surface area contributed by atoms with Gasteiger partial charge in [0.2, 0.25) is 5.91 Å². The molecule has 0 saturated carbocycles. The largest absolute Gasteiger partial charge is 0.326 e. The third kappa shape index (κ3) is 4.02. The van der Waals surface area contributed by atoms with Gasteiger partial charge >= 0.3 is 0 Å². The smallest absolute Gasteiger partial charge is 0.227 e. The normalized spacial score (nSPS) is 13.3. The molecule has 0 radical (unpaired) electrons. The first-order chi connectivity index (χ1) is 8.88. The Kier molecular flexibility index (Phi) is 5.06. The van der Waals surface area contributed by atoms with Gasteiger partial charge in [-0.1, -0.05) is 51.8 Å². The van der Waals surface area contributed by atoms with E-state index in [1.54, 1.807) is 6.07 Å². The van der Waals surface area contributed by atoms with Gasteiger partial charge in [-0.15, -0.1) is 0 Å². The first kappa shape index (κ1) is 13.4. The van der Waals surface area contributed by atoms with E-state index >= 15 is 0 Å². The quantitative estimate of drug-likeness (QED) is 0.814. The fourth-order valence-electron chi connectivity index (χ4n) is 1.82. The van der Waals surface area contributed by atoms with Crippen LogP contribution in [-0.2, 0) is 4.79 Å². The molecule has 3 heteroatoms. The summed E-state index contributed by atoms with van der Waals surface area (Å²) in [7, 11) is 0. The highest BCUT2D eigenvalue weighted by atomic mass is 35.5. The highest BCUT2D eigenvalue weighted by Gasteiger charge is 2.13. The number of hydrogen-bond donors (Lipinski definition) is 1. The van der Waals surface area contributed by atoms with Crippen LogP contribution in [0.2, 0.25) is 5.02 Å². The Bertz CT molecular complexity index is 460. The van der Waals surface area contributed by atoms with Gasteiger partial charge < -0.3 is 5.32 Å². The van der Waals surface area contributed by atoms with E-state index in [-0.39, 0.29) is 23.8 Å². The maximum Gasteiger partial charge on any atom is 0.227 e. The van der Waals surface area contributed by atoms with Crippen LogP contribution in [-0.4, -0.2) is 5.91 Å². The highest BCUT2D eigenvalue weighted by molar-refractivity contribution is 6.31. The van der Waals surface area contributed by atoms with E-state index in [0.29, 0.717) is 10.7 Å². The standard InChI is InChI=1S/C15H22ClNO/c1-5-6-11(4)15(18)17-12-7-8-13(10(2)3)14(16)9-12/h7-11H,5-6H2,1-4H3,(H,17,18)/i9D. The summed E-state index contributed by atoms with van der Waals surface area (Å²) in [5, 5.41) is 3.22. The Balaban J connectivity index is 2.92. The molecule has 18 heavy (non-hydrogen) atoms. The molecule has 2 nitrogen and oxygen atoms in total. The molecule has 1 unspecified atom stereocenters. The van der Waals surface area contributed by atoms with Crippen LogP contribution in [0.15, 0.2) is 18.2 Å². The molecule has 0 bridgehead atoms. The first-order valence-electron chi connectivity index (χ1n) is 6.98. The number of halogens is 1. The number of hydrogen-bond acceptors (Lipinski definition) is 1. The van der Waals surface area contributed by atoms with Crippen LogP contribution in [0.1, 0.15) is 53.4 Å². The summed E-state index contributed by atoms with van der Waals surface area (Å²) in [4.78, 5) is 11.9. The van der Waals surface area contributed by atoms with E-state index in [1.807, 2.05) is 33.8 Å². The van der Waals surface area contributed by atoms with Crippen molar-refractivity contribution in [1.29, 1.82) is 0 Å². The zero-order valence-electron chi connectivity index (χ0n) is 12.5. The zero-order valence-corrected chi connectivity index (χ0v) is 12.3. The molecule has 0 fully saturated rings. The average molecular weight is 269 g/mol. The van der Waals surface area contributed by atoms with Crippen LogP contribution in [0.25, 0.3) is 0 Å². The number of anilines is 1. The number of benzene rings is 1. The predicted octanol–water partition coefficient (Wildman–Crippen LogP) is 4.84. The highest BCUT2D eigenvalue weighted by Crippen LogP contribution is 2.27. The van der Waals surface area contributed by atoms with Gasteiger partial charge in [-0.05, 0) is 30.0 Å². The molecular weight excluding hydrogens is 246 g/mol. The molecule has 0 saturated heterocycles. The van der Waals surface area contributed by atoms with Crippen molar-refractivity contribution in [3.63, 3.8) is 0 Å². The van der Waals surface area contributed by atoms with Gasteiger partial charge in [-0.2, -0.15) is 0 Å². The summed E-state index contributed by atoms with van der Waals surface area (Å²) in [6.45, 7) is 8.00. The van der Waals surface area contributed by atoms with Crippen LogP contribution in [0.3, 0.4) is 0 Å². The van der Waals surface area contributed by atoms with Crippen molar-refractivity contribution in [2.75, 3.05) is 5.32 Å². The van der Waals surface area contributed by atoms with Gasteiger partial charge in [-0.25, -0.2) is 0 Å². The van der Waals surface area contributed by atoms with E-state index in [4.69, 9.17) is 13.0 Å². The molecule has 0 aliphatic carbocycles. The van der Waals surface area contributed by atoms with Gasteiger partial charge in [-0.3, -0.25) is 4.79 Å². The molecule has 0 aromatic heterocycles. The third-order valence-electron chi connectivity index (χ3n) is 2.98. The Labute approximate surface area is 116 Å². The molecular formula is C15H22ClNO. The number of rotatable bonds is 5. The average Bonchev–Trinajstić information content (AvgIpc) is 2.34. The minimum absolute atomic E-state index is 0.0482. The van der Waals surface area contributed by atoms with Gasteiger partial charge in [0.25, 0.3) is 0 Å². The maximum absolute atomic E-state index is 11.9. The van der Waals surface area contributed by atoms with Gasteiger partial charge in [0.05, 0.1) is 1.37 Å². The van der Waals surface area contributed by atoms with E-state index in [0.717, 1.165) is 18.4 Å². The molecule has 1 aromatic carbocycles. The summed E-state index contributed by atoms with van der Waals surface area (Å²) >= 11 is 6.18. The van der Waals surface area contributed by atoms with Crippen molar-refractivity contribution in [3.05, 3.63) is 28.8 Å². The summed E-state index contributed by atoms with van der Waals surface area (Å²) < 4.78 is 8.02. The first-order valence-corrected chi connectivity index (χ1v) is 6.86. The minimum atomic E-state index is -0.0521. The number of amides is 1. The Hall–Kier alpha value is -1.02. The van der Waals surface area contributed by atoms with Gasteiger partial charge in [0.15, 0.2) is 0 Å². The van der Waals surface area contributed by atoms with Crippen LogP contribution in [0.4, 0.5) is 5.69 Å². The molecule has 0 heterocycles. The van der Waals surface area contributed by atoms with Crippen LogP contribution in [0.5, 0.6) is 0 Å². The maximum atomic E-state index is 11.9. The Morgan fingerprint density at radius 1 is 1.44 bits per heavy atom. The lowest BCUT2D eigenvalue weighted by Gasteiger charge is -2.13. The molecule has 100 valence electrons. The second-order valence-electron chi connectivity index (χ2n) is 4.98. The Morgan fingerprint density at radius 2 is 2.11 bits per heavy atom. The lowest BCUT2D eigenvalue weighted by molar-refractivity contribution is -0.119. The zero-order chi connectivity index (χ0) is 14.6. The van der Waals surface area contributed by atoms with Crippen molar-refractivity contribution in [2.45, 2.75) is 46.5 Å². The monoisotopic (exact) mass is 268 g/mol. The van der Waals surface area contributed by atoms with Crippen LogP contribution in [0, 0.1) is 5.92 Å². The van der Waals surface area contributed by atoms with E-state index < -0.39 is 0 Å². The van der Waals surface area contributed by atoms with Crippen molar-refractivity contribution < 1.29 is 6.17 Å². The second-order valence-corrected chi connectivity index (χ2v) is 5.35. The fourth-order valence-corrected chi connectivity index (χ4v) is 2.20. The van der Waals surface area contributed by atoms with Gasteiger partial charge in [0, 0.05) is 16.6 Å². The second kappa shape index (κ2) is 6.79. The molecule has 1 atom stereocenters. The SMILES string of the molecule is [2H]c1c(NC(=O)C(C)CCC)ccc(C(C)C)c1Cl. The summed E-state index contributed by atoms with van der Waals surface area (Å²) in [6, 6.07) is 3.84. The van der Waals surface area contributed by atoms with E-state index in [2.05, 4.69) is 5.32 Å². The topological polar surface area (TPSA) is 29.1 Å². The van der Waals surface area contributed by atoms with E-state index in [9.17, 15) is 4.79 Å². The Morgan fingerprint density at radius 3 is 2.67 bits per heavy atom. The van der Waals surface area contributed by atoms with Crippen molar-refractivity contribution in [1.82, 2.24) is 0 Å². The number of carbonyl (C=O) groups is 1. The molecule has 0 aliphatic heterocycles. The minimum Gasteiger partial charge on any atom is -0.326 e. The summed E-state index contributed by atoms with van der Waals surface area (Å²) in [5.74, 6) is 0.164. The molecule has 1 rings (SSSR count). The van der Waals surface area contributed by atoms with Crippen molar-refractivity contribution in [3.8, 4) is 0 Å². The number of nitrogens with one attached hydrogen (secondary N) is 1. The molecule has 0 spiro atoms. The molecule has 1 amide bonds. The lowest BCUT2D eigenvalue weighted by atomic mass is 10.0. The number of carbonyl (C=O) groups excluding carboxylic acids is 1. The lowest BCUT2D eigenvalue weighted by Crippen LogP contribution is -2.20.